The maximum Gasteiger partial charge on any atom is 1.00 e. The van der Waals surface area contributed by atoms with E-state index in [4.69, 9.17) is 0 Å². The number of rotatable bonds is 1. The van der Waals surface area contributed by atoms with Crippen molar-refractivity contribution in [1.82, 2.24) is 0 Å². The van der Waals surface area contributed by atoms with Gasteiger partial charge in [0.15, 0.2) is 0 Å². The molecule has 0 radical (unpaired) electrons. The first-order valence-electron chi connectivity index (χ1n) is 4.49. The van der Waals surface area contributed by atoms with Gasteiger partial charge in [-0.1, -0.05) is 19.3 Å². The molecule has 0 spiro atoms. The molecule has 0 aromatic carbocycles. The number of carbonyl (C=O) groups is 1. The van der Waals surface area contributed by atoms with Crippen LogP contribution in [0.3, 0.4) is 0 Å². The summed E-state index contributed by atoms with van der Waals surface area (Å²) in [5, 5.41) is -1.27. The van der Waals surface area contributed by atoms with Crippen LogP contribution in [0.1, 0.15) is 38.5 Å². The summed E-state index contributed by atoms with van der Waals surface area (Å²) >= 11 is 0. The molecular formula is C8H13KO4S. The van der Waals surface area contributed by atoms with Gasteiger partial charge in [0.05, 0.1) is 0 Å². The SMILES string of the molecule is O=C1CCCCCCC1S(=O)(=O)[O-].[K+]. The van der Waals surface area contributed by atoms with E-state index in [1.165, 1.54) is 0 Å². The minimum Gasteiger partial charge on any atom is -0.747 e. The second kappa shape index (κ2) is 6.72. The van der Waals surface area contributed by atoms with Gasteiger partial charge < -0.3 is 4.55 Å². The van der Waals surface area contributed by atoms with E-state index < -0.39 is 21.2 Å². The molecule has 4 nitrogen and oxygen atoms in total. The van der Waals surface area contributed by atoms with E-state index >= 15 is 0 Å². The summed E-state index contributed by atoms with van der Waals surface area (Å²) in [6, 6.07) is 0. The standard InChI is InChI=1S/C8H14O4S.K/c9-7-5-3-1-2-4-6-8(7)13(10,11)12;/h8H,1-6H2,(H,10,11,12);/q;+1/p-1. The minimum absolute atomic E-state index is 0. The molecule has 0 N–H and O–H groups in total. The van der Waals surface area contributed by atoms with Crippen molar-refractivity contribution in [3.63, 3.8) is 0 Å². The van der Waals surface area contributed by atoms with Crippen LogP contribution in [0.25, 0.3) is 0 Å². The Balaban J connectivity index is 0.00000169. The minimum atomic E-state index is -4.41. The zero-order valence-electron chi connectivity index (χ0n) is 8.36. The summed E-state index contributed by atoms with van der Waals surface area (Å²) in [6.07, 6.45) is 3.70. The van der Waals surface area contributed by atoms with Gasteiger partial charge in [0.2, 0.25) is 0 Å². The normalized spacial score (nSPS) is 24.6. The molecule has 0 bridgehead atoms. The summed E-state index contributed by atoms with van der Waals surface area (Å²) in [6.45, 7) is 0. The fourth-order valence-corrected chi connectivity index (χ4v) is 2.50. The summed E-state index contributed by atoms with van der Waals surface area (Å²) in [5.41, 5.74) is 0. The fourth-order valence-electron chi connectivity index (χ4n) is 1.61. The Morgan fingerprint density at radius 1 is 1.14 bits per heavy atom. The van der Waals surface area contributed by atoms with Crippen LogP contribution in [0.4, 0.5) is 0 Å². The van der Waals surface area contributed by atoms with Gasteiger partial charge in [-0.3, -0.25) is 4.79 Å². The van der Waals surface area contributed by atoms with E-state index in [0.29, 0.717) is 12.8 Å². The molecule has 76 valence electrons. The molecule has 14 heavy (non-hydrogen) atoms. The van der Waals surface area contributed by atoms with Crippen LogP contribution >= 0.6 is 0 Å². The zero-order chi connectivity index (χ0) is 9.90. The third-order valence-corrected chi connectivity index (χ3v) is 3.54. The zero-order valence-corrected chi connectivity index (χ0v) is 12.3. The molecule has 6 heteroatoms. The monoisotopic (exact) mass is 244 g/mol. The van der Waals surface area contributed by atoms with E-state index in [2.05, 4.69) is 0 Å². The second-order valence-corrected chi connectivity index (χ2v) is 4.96. The third-order valence-electron chi connectivity index (χ3n) is 2.35. The molecule has 0 amide bonds. The number of hydrogen-bond acceptors (Lipinski definition) is 4. The Morgan fingerprint density at radius 2 is 1.71 bits per heavy atom. The van der Waals surface area contributed by atoms with Crippen molar-refractivity contribution in [3.05, 3.63) is 0 Å². The van der Waals surface area contributed by atoms with Crippen molar-refractivity contribution < 1.29 is 69.1 Å². The summed E-state index contributed by atoms with van der Waals surface area (Å²) in [4.78, 5) is 11.2. The van der Waals surface area contributed by atoms with Gasteiger partial charge >= 0.3 is 51.4 Å². The molecule has 1 unspecified atom stereocenters. The Bertz CT molecular complexity index is 286. The van der Waals surface area contributed by atoms with E-state index in [9.17, 15) is 17.8 Å². The average Bonchev–Trinajstić information content (AvgIpc) is 1.94. The fraction of sp³-hybridized carbons (Fsp3) is 0.875. The van der Waals surface area contributed by atoms with E-state index in [1.807, 2.05) is 0 Å². The van der Waals surface area contributed by atoms with Crippen molar-refractivity contribution in [1.29, 1.82) is 0 Å². The molecule has 1 aliphatic rings. The Labute approximate surface area is 127 Å². The van der Waals surface area contributed by atoms with E-state index in [-0.39, 0.29) is 64.2 Å². The van der Waals surface area contributed by atoms with Gasteiger partial charge in [-0.15, -0.1) is 0 Å². The topological polar surface area (TPSA) is 74.3 Å². The summed E-state index contributed by atoms with van der Waals surface area (Å²) in [5.74, 6) is -0.394. The maximum atomic E-state index is 11.2. The summed E-state index contributed by atoms with van der Waals surface area (Å²) < 4.78 is 32.1. The first-order chi connectivity index (χ1) is 6.02. The van der Waals surface area contributed by atoms with Gasteiger partial charge in [0.25, 0.3) is 0 Å². The Kier molecular flexibility index (Phi) is 7.31. The van der Waals surface area contributed by atoms with Crippen LogP contribution in [-0.2, 0) is 14.9 Å². The Morgan fingerprint density at radius 3 is 2.29 bits per heavy atom. The van der Waals surface area contributed by atoms with Crippen LogP contribution in [0.15, 0.2) is 0 Å². The smallest absolute Gasteiger partial charge is 0.747 e. The van der Waals surface area contributed by atoms with Crippen LogP contribution in [-0.4, -0.2) is 24.0 Å². The van der Waals surface area contributed by atoms with Crippen LogP contribution in [0.2, 0.25) is 0 Å². The predicted molar refractivity (Wildman–Crippen MR) is 46.2 cm³/mol. The van der Waals surface area contributed by atoms with Crippen LogP contribution in [0.5, 0.6) is 0 Å². The molecule has 0 saturated heterocycles. The largest absolute Gasteiger partial charge is 1.00 e. The Hall–Kier alpha value is 1.22. The maximum absolute atomic E-state index is 11.2. The van der Waals surface area contributed by atoms with E-state index in [1.54, 1.807) is 0 Å². The second-order valence-electron chi connectivity index (χ2n) is 3.40. The number of hydrogen-bond donors (Lipinski definition) is 0. The summed E-state index contributed by atoms with van der Waals surface area (Å²) in [7, 11) is -4.41. The molecule has 0 aromatic rings. The van der Waals surface area contributed by atoms with Crippen molar-refractivity contribution in [2.75, 3.05) is 0 Å². The molecular weight excluding hydrogens is 231 g/mol. The van der Waals surface area contributed by atoms with Gasteiger partial charge in [0, 0.05) is 6.42 Å². The molecule has 0 aliphatic heterocycles. The van der Waals surface area contributed by atoms with Gasteiger partial charge in [-0.05, 0) is 12.8 Å². The van der Waals surface area contributed by atoms with Gasteiger partial charge in [0.1, 0.15) is 21.2 Å². The first-order valence-corrected chi connectivity index (χ1v) is 5.96. The van der Waals surface area contributed by atoms with Crippen LogP contribution < -0.4 is 51.4 Å². The van der Waals surface area contributed by atoms with Crippen molar-refractivity contribution >= 4 is 15.9 Å². The first kappa shape index (κ1) is 15.2. The number of ketones is 1. The average molecular weight is 244 g/mol. The van der Waals surface area contributed by atoms with Crippen molar-refractivity contribution in [2.24, 2.45) is 0 Å². The molecule has 1 saturated carbocycles. The molecule has 1 atom stereocenters. The molecule has 0 aromatic heterocycles. The molecule has 1 rings (SSSR count). The van der Waals surface area contributed by atoms with Crippen molar-refractivity contribution in [3.8, 4) is 0 Å². The molecule has 1 aliphatic carbocycles. The third kappa shape index (κ3) is 4.83. The number of Topliss-reactive ketones (excluding diaryl/α,β-unsaturated/α-hetero) is 1. The molecule has 1 fully saturated rings. The van der Waals surface area contributed by atoms with E-state index in [0.717, 1.165) is 12.8 Å². The molecule has 0 heterocycles. The predicted octanol–water partition coefficient (Wildman–Crippen LogP) is -2.17. The van der Waals surface area contributed by atoms with Crippen molar-refractivity contribution in [2.45, 2.75) is 43.8 Å². The van der Waals surface area contributed by atoms with Crippen LogP contribution in [0, 0.1) is 0 Å². The number of carbonyl (C=O) groups excluding carboxylic acids is 1. The van der Waals surface area contributed by atoms with Gasteiger partial charge in [-0.2, -0.15) is 0 Å². The quantitative estimate of drug-likeness (QED) is 0.388. The van der Waals surface area contributed by atoms with Gasteiger partial charge in [-0.25, -0.2) is 8.42 Å².